The highest BCUT2D eigenvalue weighted by Gasteiger charge is 2.02. The van der Waals surface area contributed by atoms with Gasteiger partial charge in [0.05, 0.1) is 12.9 Å². The maximum Gasteiger partial charge on any atom is 0.331 e. The van der Waals surface area contributed by atoms with Gasteiger partial charge in [-0.05, 0) is 31.6 Å². The molecule has 0 unspecified atom stereocenters. The number of rotatable bonds is 3. The molecule has 3 nitrogen and oxygen atoms in total. The summed E-state index contributed by atoms with van der Waals surface area (Å²) in [5, 5.41) is 0. The molecule has 0 aromatic carbocycles. The summed E-state index contributed by atoms with van der Waals surface area (Å²) in [4.78, 5) is 11.0. The number of hydrogen-bond donors (Lipinski definition) is 0. The van der Waals surface area contributed by atoms with E-state index in [2.05, 4.69) is 0 Å². The van der Waals surface area contributed by atoms with Crippen LogP contribution in [-0.2, 0) is 9.53 Å². The lowest BCUT2D eigenvalue weighted by Crippen LogP contribution is -1.99. The van der Waals surface area contributed by atoms with Gasteiger partial charge in [0.15, 0.2) is 0 Å². The number of carbonyl (C=O) groups excluding carboxylic acids is 1. The number of carbonyl (C=O) groups is 1. The van der Waals surface area contributed by atoms with E-state index in [-0.39, 0.29) is 5.97 Å². The molecular formula is C10H12O3. The summed E-state index contributed by atoms with van der Waals surface area (Å²) in [5.41, 5.74) is 0.767. The molecule has 0 radical (unpaired) electrons. The first-order valence-electron chi connectivity index (χ1n) is 4.13. The second-order valence-electron chi connectivity index (χ2n) is 2.56. The van der Waals surface area contributed by atoms with Crippen molar-refractivity contribution < 1.29 is 13.9 Å². The van der Waals surface area contributed by atoms with Crippen LogP contribution in [0.15, 0.2) is 28.9 Å². The number of ether oxygens (including phenoxy) is 1. The molecule has 0 aliphatic carbocycles. The Kier molecular flexibility index (Phi) is 3.31. The Labute approximate surface area is 77.0 Å². The lowest BCUT2D eigenvalue weighted by atomic mass is 10.2. The molecular weight excluding hydrogens is 168 g/mol. The minimum atomic E-state index is -0.337. The Balaban J connectivity index is 2.67. The van der Waals surface area contributed by atoms with Crippen LogP contribution in [0.4, 0.5) is 0 Å². The second-order valence-corrected chi connectivity index (χ2v) is 2.56. The largest absolute Gasteiger partial charge is 0.465 e. The van der Waals surface area contributed by atoms with Crippen molar-refractivity contribution in [1.29, 1.82) is 0 Å². The van der Waals surface area contributed by atoms with Gasteiger partial charge in [-0.1, -0.05) is 0 Å². The molecule has 0 fully saturated rings. The summed E-state index contributed by atoms with van der Waals surface area (Å²) in [7, 11) is 0. The Bertz CT molecular complexity index is 296. The summed E-state index contributed by atoms with van der Waals surface area (Å²) in [6, 6.07) is 3.57. The number of allylic oxidation sites excluding steroid dienone is 1. The third kappa shape index (κ3) is 2.78. The maximum atomic E-state index is 11.0. The van der Waals surface area contributed by atoms with Crippen LogP contribution >= 0.6 is 0 Å². The Morgan fingerprint density at radius 2 is 2.46 bits per heavy atom. The molecule has 1 rings (SSSR count). The molecule has 0 spiro atoms. The van der Waals surface area contributed by atoms with Crippen LogP contribution in [0.2, 0.25) is 0 Å². The van der Waals surface area contributed by atoms with Gasteiger partial charge in [-0.3, -0.25) is 0 Å². The molecule has 0 amide bonds. The van der Waals surface area contributed by atoms with Crippen molar-refractivity contribution in [3.8, 4) is 0 Å². The van der Waals surface area contributed by atoms with E-state index in [1.807, 2.05) is 0 Å². The summed E-state index contributed by atoms with van der Waals surface area (Å²) >= 11 is 0. The van der Waals surface area contributed by atoms with Gasteiger partial charge >= 0.3 is 5.97 Å². The molecule has 13 heavy (non-hydrogen) atoms. The maximum absolute atomic E-state index is 11.0. The number of esters is 1. The van der Waals surface area contributed by atoms with E-state index in [0.717, 1.165) is 5.57 Å². The number of furan rings is 1. The Hall–Kier alpha value is -1.51. The van der Waals surface area contributed by atoms with Gasteiger partial charge in [0.25, 0.3) is 0 Å². The number of hydrogen-bond acceptors (Lipinski definition) is 3. The molecule has 0 atom stereocenters. The van der Waals surface area contributed by atoms with Gasteiger partial charge < -0.3 is 9.15 Å². The van der Waals surface area contributed by atoms with Gasteiger partial charge in [-0.15, -0.1) is 0 Å². The van der Waals surface area contributed by atoms with E-state index in [1.54, 1.807) is 32.2 Å². The van der Waals surface area contributed by atoms with Crippen molar-refractivity contribution in [2.45, 2.75) is 13.8 Å². The van der Waals surface area contributed by atoms with Crippen LogP contribution in [0.1, 0.15) is 19.6 Å². The van der Waals surface area contributed by atoms with Gasteiger partial charge in [-0.2, -0.15) is 0 Å². The van der Waals surface area contributed by atoms with Crippen LogP contribution in [0.5, 0.6) is 0 Å². The summed E-state index contributed by atoms with van der Waals surface area (Å²) < 4.78 is 9.85. The van der Waals surface area contributed by atoms with E-state index in [0.29, 0.717) is 12.4 Å². The molecule has 70 valence electrons. The highest BCUT2D eigenvalue weighted by atomic mass is 16.5. The van der Waals surface area contributed by atoms with E-state index in [9.17, 15) is 4.79 Å². The first-order chi connectivity index (χ1) is 6.24. The van der Waals surface area contributed by atoms with Crippen molar-refractivity contribution in [3.05, 3.63) is 30.2 Å². The van der Waals surface area contributed by atoms with E-state index in [1.165, 1.54) is 6.08 Å². The van der Waals surface area contributed by atoms with E-state index >= 15 is 0 Å². The van der Waals surface area contributed by atoms with Crippen LogP contribution in [0.25, 0.3) is 5.57 Å². The molecule has 1 aromatic rings. The van der Waals surface area contributed by atoms with Crippen LogP contribution < -0.4 is 0 Å². The fourth-order valence-electron chi connectivity index (χ4n) is 0.935. The average molecular weight is 180 g/mol. The van der Waals surface area contributed by atoms with E-state index in [4.69, 9.17) is 9.15 Å². The minimum Gasteiger partial charge on any atom is -0.465 e. The van der Waals surface area contributed by atoms with Crippen molar-refractivity contribution in [3.63, 3.8) is 0 Å². The highest BCUT2D eigenvalue weighted by molar-refractivity contribution is 5.90. The molecule has 1 aromatic heterocycles. The van der Waals surface area contributed by atoms with Gasteiger partial charge in [-0.25, -0.2) is 4.79 Å². The fraction of sp³-hybridized carbons (Fsp3) is 0.300. The Morgan fingerprint density at radius 1 is 1.69 bits per heavy atom. The third-order valence-electron chi connectivity index (χ3n) is 1.53. The molecule has 0 saturated heterocycles. The molecule has 1 heterocycles. The molecule has 0 aliphatic heterocycles. The van der Waals surface area contributed by atoms with E-state index < -0.39 is 0 Å². The highest BCUT2D eigenvalue weighted by Crippen LogP contribution is 2.13. The third-order valence-corrected chi connectivity index (χ3v) is 1.53. The lowest BCUT2D eigenvalue weighted by molar-refractivity contribution is -0.137. The minimum absolute atomic E-state index is 0.337. The zero-order valence-electron chi connectivity index (χ0n) is 7.74. The Morgan fingerprint density at radius 3 is 3.00 bits per heavy atom. The van der Waals surface area contributed by atoms with Crippen LogP contribution in [-0.4, -0.2) is 12.6 Å². The monoisotopic (exact) mass is 180 g/mol. The smallest absolute Gasteiger partial charge is 0.331 e. The average Bonchev–Trinajstić information content (AvgIpc) is 2.55. The molecule has 0 N–H and O–H groups in total. The van der Waals surface area contributed by atoms with Crippen molar-refractivity contribution in [1.82, 2.24) is 0 Å². The van der Waals surface area contributed by atoms with Crippen molar-refractivity contribution in [2.24, 2.45) is 0 Å². The predicted molar refractivity (Wildman–Crippen MR) is 49.0 cm³/mol. The van der Waals surface area contributed by atoms with Crippen molar-refractivity contribution in [2.75, 3.05) is 6.61 Å². The summed E-state index contributed by atoms with van der Waals surface area (Å²) in [6.45, 7) is 3.96. The van der Waals surface area contributed by atoms with Gasteiger partial charge in [0, 0.05) is 6.08 Å². The molecule has 0 bridgehead atoms. The zero-order chi connectivity index (χ0) is 9.68. The van der Waals surface area contributed by atoms with Crippen LogP contribution in [0, 0.1) is 0 Å². The topological polar surface area (TPSA) is 39.4 Å². The predicted octanol–water partition coefficient (Wildman–Crippen LogP) is 2.25. The van der Waals surface area contributed by atoms with Gasteiger partial charge in [0.2, 0.25) is 0 Å². The van der Waals surface area contributed by atoms with Gasteiger partial charge in [0.1, 0.15) is 5.76 Å². The summed E-state index contributed by atoms with van der Waals surface area (Å²) in [5.74, 6) is 0.351. The first-order valence-corrected chi connectivity index (χ1v) is 4.13. The quantitative estimate of drug-likeness (QED) is 0.529. The SMILES string of the molecule is CCOC(=O)/C=C(/C)c1ccco1. The lowest BCUT2D eigenvalue weighted by Gasteiger charge is -1.97. The fourth-order valence-corrected chi connectivity index (χ4v) is 0.935. The molecule has 3 heteroatoms. The summed E-state index contributed by atoms with van der Waals surface area (Å²) in [6.07, 6.45) is 2.99. The van der Waals surface area contributed by atoms with Crippen molar-refractivity contribution >= 4 is 11.5 Å². The standard InChI is InChI=1S/C10H12O3/c1-3-12-10(11)7-8(2)9-5-4-6-13-9/h4-7H,3H2,1-2H3/b8-7-. The first kappa shape index (κ1) is 9.58. The normalized spacial score (nSPS) is 11.4. The second kappa shape index (κ2) is 4.50. The van der Waals surface area contributed by atoms with Crippen LogP contribution in [0.3, 0.4) is 0 Å². The zero-order valence-corrected chi connectivity index (χ0v) is 7.74. The molecule has 0 aliphatic rings. The molecule has 0 saturated carbocycles.